The Bertz CT molecular complexity index is 1360. The van der Waals surface area contributed by atoms with E-state index in [-0.39, 0.29) is 10.6 Å². The summed E-state index contributed by atoms with van der Waals surface area (Å²) in [5.41, 5.74) is 1.08. The highest BCUT2D eigenvalue weighted by molar-refractivity contribution is 7.92. The average molecular weight is 530 g/mol. The van der Waals surface area contributed by atoms with Crippen molar-refractivity contribution in [3.05, 3.63) is 88.2 Å². The van der Waals surface area contributed by atoms with Gasteiger partial charge in [0.2, 0.25) is 0 Å². The number of nitro benzene ring substituents is 1. The number of sulfonamides is 1. The van der Waals surface area contributed by atoms with Crippen molar-refractivity contribution in [1.82, 2.24) is 4.90 Å². The molecule has 1 saturated heterocycles. The molecule has 4 rings (SSSR count). The van der Waals surface area contributed by atoms with E-state index in [0.717, 1.165) is 12.1 Å². The van der Waals surface area contributed by atoms with Crippen LogP contribution in [0, 0.1) is 15.9 Å². The number of piperidine rings is 1. The molecule has 0 N–H and O–H groups in total. The van der Waals surface area contributed by atoms with Crippen molar-refractivity contribution >= 4 is 21.4 Å². The molecule has 1 aliphatic rings. The van der Waals surface area contributed by atoms with Crippen molar-refractivity contribution in [2.45, 2.75) is 30.3 Å². The van der Waals surface area contributed by atoms with E-state index in [1.54, 1.807) is 36.4 Å². The lowest BCUT2D eigenvalue weighted by Gasteiger charge is -2.39. The van der Waals surface area contributed by atoms with E-state index in [1.807, 2.05) is 0 Å². The van der Waals surface area contributed by atoms with Crippen molar-refractivity contribution in [1.29, 1.82) is 0 Å². The van der Waals surface area contributed by atoms with Crippen molar-refractivity contribution in [2.75, 3.05) is 31.6 Å². The molecule has 9 nitrogen and oxygen atoms in total. The fourth-order valence-electron chi connectivity index (χ4n) is 4.60. The first-order valence-corrected chi connectivity index (χ1v) is 13.1. The molecule has 0 bridgehead atoms. The maximum atomic E-state index is 13.8. The van der Waals surface area contributed by atoms with E-state index in [1.165, 1.54) is 36.7 Å². The number of hydrogen-bond acceptors (Lipinski definition) is 7. The molecule has 0 spiro atoms. The van der Waals surface area contributed by atoms with Crippen LogP contribution in [0.4, 0.5) is 15.8 Å². The summed E-state index contributed by atoms with van der Waals surface area (Å²) in [7, 11) is -1.08. The van der Waals surface area contributed by atoms with Crippen molar-refractivity contribution in [3.8, 4) is 11.5 Å². The summed E-state index contributed by atoms with van der Waals surface area (Å²) >= 11 is 0. The van der Waals surface area contributed by atoms with Gasteiger partial charge in [0.15, 0.2) is 11.5 Å². The Balaban J connectivity index is 1.63. The minimum Gasteiger partial charge on any atom is -0.493 e. The number of hydrogen-bond donors (Lipinski definition) is 0. The van der Waals surface area contributed by atoms with Crippen molar-refractivity contribution in [2.24, 2.45) is 0 Å². The van der Waals surface area contributed by atoms with E-state index in [2.05, 4.69) is 4.90 Å². The number of methoxy groups -OCH3 is 2. The summed E-state index contributed by atoms with van der Waals surface area (Å²) < 4.78 is 53.3. The van der Waals surface area contributed by atoms with Crippen LogP contribution in [-0.4, -0.2) is 51.6 Å². The number of ether oxygens (including phenoxy) is 2. The third-order valence-corrected chi connectivity index (χ3v) is 8.36. The minimum atomic E-state index is -4.05. The highest BCUT2D eigenvalue weighted by atomic mass is 32.2. The van der Waals surface area contributed by atoms with Crippen LogP contribution in [0.15, 0.2) is 71.6 Å². The van der Waals surface area contributed by atoms with Crippen LogP contribution in [0.1, 0.15) is 18.4 Å². The topological polar surface area (TPSA) is 102 Å². The smallest absolute Gasteiger partial charge is 0.273 e. The molecule has 0 aliphatic carbocycles. The summed E-state index contributed by atoms with van der Waals surface area (Å²) in [5.74, 6) is 0.317. The van der Waals surface area contributed by atoms with Crippen LogP contribution in [0.3, 0.4) is 0 Å². The summed E-state index contributed by atoms with van der Waals surface area (Å²) in [6.45, 7) is 1.48. The molecule has 3 aromatic carbocycles. The number of rotatable bonds is 9. The third-order valence-electron chi connectivity index (χ3n) is 6.46. The van der Waals surface area contributed by atoms with Gasteiger partial charge in [-0.3, -0.25) is 19.3 Å². The van der Waals surface area contributed by atoms with Gasteiger partial charge in [-0.05, 0) is 49.2 Å². The van der Waals surface area contributed by atoms with Gasteiger partial charge in [0.05, 0.1) is 29.7 Å². The fourth-order valence-corrected chi connectivity index (χ4v) is 6.31. The van der Waals surface area contributed by atoms with Crippen LogP contribution in [0.25, 0.3) is 0 Å². The van der Waals surface area contributed by atoms with E-state index >= 15 is 0 Å². The van der Waals surface area contributed by atoms with Crippen LogP contribution in [0.2, 0.25) is 0 Å². The molecule has 0 unspecified atom stereocenters. The molecule has 0 radical (unpaired) electrons. The Morgan fingerprint density at radius 2 is 1.65 bits per heavy atom. The van der Waals surface area contributed by atoms with E-state index < -0.39 is 26.8 Å². The lowest BCUT2D eigenvalue weighted by Crippen LogP contribution is -2.47. The number of likely N-dealkylation sites (tertiary alicyclic amines) is 1. The molecule has 1 heterocycles. The predicted molar refractivity (Wildman–Crippen MR) is 137 cm³/mol. The molecule has 37 heavy (non-hydrogen) atoms. The normalized spacial score (nSPS) is 14.8. The van der Waals surface area contributed by atoms with Gasteiger partial charge in [0.25, 0.3) is 15.7 Å². The third kappa shape index (κ3) is 5.67. The van der Waals surface area contributed by atoms with Gasteiger partial charge in [-0.2, -0.15) is 0 Å². The Hall–Kier alpha value is -3.70. The van der Waals surface area contributed by atoms with Crippen molar-refractivity contribution < 1.29 is 27.2 Å². The number of anilines is 1. The molecule has 0 atom stereocenters. The molecule has 1 aliphatic heterocycles. The molecule has 196 valence electrons. The first-order valence-electron chi connectivity index (χ1n) is 11.7. The zero-order valence-electron chi connectivity index (χ0n) is 20.5. The van der Waals surface area contributed by atoms with E-state index in [4.69, 9.17) is 9.47 Å². The molecule has 3 aromatic rings. The molecular weight excluding hydrogens is 501 g/mol. The van der Waals surface area contributed by atoms with Crippen LogP contribution >= 0.6 is 0 Å². The largest absolute Gasteiger partial charge is 0.493 e. The van der Waals surface area contributed by atoms with Gasteiger partial charge in [-0.15, -0.1) is 0 Å². The minimum absolute atomic E-state index is 0.0222. The van der Waals surface area contributed by atoms with Crippen LogP contribution < -0.4 is 13.8 Å². The predicted octanol–water partition coefficient (Wildman–Crippen LogP) is 4.61. The van der Waals surface area contributed by atoms with Crippen LogP contribution in [-0.2, 0) is 16.6 Å². The maximum Gasteiger partial charge on any atom is 0.273 e. The van der Waals surface area contributed by atoms with Gasteiger partial charge in [-0.1, -0.05) is 18.2 Å². The summed E-state index contributed by atoms with van der Waals surface area (Å²) in [4.78, 5) is 13.1. The number of nitrogens with zero attached hydrogens (tertiary/aromatic N) is 3. The lowest BCUT2D eigenvalue weighted by atomic mass is 10.0. The fraction of sp³-hybridized carbons (Fsp3) is 0.308. The molecular formula is C26H28FN3O6S. The number of nitro groups is 1. The summed E-state index contributed by atoms with van der Waals surface area (Å²) in [6.07, 6.45) is 0.991. The van der Waals surface area contributed by atoms with Gasteiger partial charge >= 0.3 is 0 Å². The Kier molecular flexibility index (Phi) is 7.94. The highest BCUT2D eigenvalue weighted by Crippen LogP contribution is 2.37. The zero-order chi connectivity index (χ0) is 26.6. The first kappa shape index (κ1) is 26.4. The molecule has 0 amide bonds. The molecule has 0 saturated carbocycles. The first-order chi connectivity index (χ1) is 17.7. The Morgan fingerprint density at radius 1 is 1.00 bits per heavy atom. The number of para-hydroxylation sites is 1. The highest BCUT2D eigenvalue weighted by Gasteiger charge is 2.35. The van der Waals surface area contributed by atoms with E-state index in [9.17, 15) is 22.9 Å². The second-order valence-corrected chi connectivity index (χ2v) is 10.5. The molecule has 1 fully saturated rings. The van der Waals surface area contributed by atoms with Crippen molar-refractivity contribution in [3.63, 3.8) is 0 Å². The van der Waals surface area contributed by atoms with Crippen LogP contribution in [0.5, 0.6) is 11.5 Å². The number of benzene rings is 3. The average Bonchev–Trinajstić information content (AvgIpc) is 2.90. The van der Waals surface area contributed by atoms with Gasteiger partial charge < -0.3 is 9.47 Å². The summed E-state index contributed by atoms with van der Waals surface area (Å²) in [6, 6.07) is 15.9. The zero-order valence-corrected chi connectivity index (χ0v) is 21.4. The quantitative estimate of drug-likeness (QED) is 0.295. The Morgan fingerprint density at radius 3 is 2.27 bits per heavy atom. The van der Waals surface area contributed by atoms with E-state index in [0.29, 0.717) is 55.2 Å². The lowest BCUT2D eigenvalue weighted by molar-refractivity contribution is -0.385. The summed E-state index contributed by atoms with van der Waals surface area (Å²) in [5, 5.41) is 11.4. The molecule has 11 heteroatoms. The second-order valence-electron chi connectivity index (χ2n) is 8.69. The standard InChI is InChI=1S/C26H28FN3O6S/c1-35-25-12-9-22(17-26(25)36-2)29(37(33,34)23-10-7-20(27)8-11-23)21-13-15-28(16-14-21)18-19-5-3-4-6-24(19)30(31)32/h3-12,17,21H,13-16,18H2,1-2H3. The second kappa shape index (κ2) is 11.1. The number of halogens is 1. The Labute approximate surface area is 215 Å². The van der Waals surface area contributed by atoms with Gasteiger partial charge in [0.1, 0.15) is 5.82 Å². The monoisotopic (exact) mass is 529 g/mol. The van der Waals surface area contributed by atoms with Gasteiger partial charge in [-0.25, -0.2) is 12.8 Å². The SMILES string of the molecule is COc1ccc(N(C2CCN(Cc3ccccc3[N+](=O)[O-])CC2)S(=O)(=O)c2ccc(F)cc2)cc1OC. The maximum absolute atomic E-state index is 13.8. The molecule has 0 aromatic heterocycles. The van der Waals surface area contributed by atoms with Gasteiger partial charge in [0, 0.05) is 43.4 Å².